The molecule has 9 rings (SSSR count). The van der Waals surface area contributed by atoms with E-state index in [4.69, 9.17) is 0 Å². The van der Waals surface area contributed by atoms with Gasteiger partial charge in [0, 0.05) is 22.0 Å². The lowest BCUT2D eigenvalue weighted by Crippen LogP contribution is -2.00. The minimum Gasteiger partial charge on any atom is -0.309 e. The summed E-state index contributed by atoms with van der Waals surface area (Å²) < 4.78 is 2.34. The van der Waals surface area contributed by atoms with E-state index in [1.165, 1.54) is 60.0 Å². The van der Waals surface area contributed by atoms with Crippen LogP contribution in [-0.2, 0) is 6.42 Å². The molecular formula is C46H30N2. The number of rotatable bonds is 5. The molecule has 1 heterocycles. The van der Waals surface area contributed by atoms with Gasteiger partial charge in [0.05, 0.1) is 22.7 Å². The Labute approximate surface area is 279 Å². The van der Waals surface area contributed by atoms with E-state index in [1.54, 1.807) is 0 Å². The molecule has 2 heteroatoms. The van der Waals surface area contributed by atoms with Gasteiger partial charge in [-0.05, 0) is 86.1 Å². The number of benzene rings is 8. The van der Waals surface area contributed by atoms with E-state index in [2.05, 4.69) is 168 Å². The van der Waals surface area contributed by atoms with Crippen LogP contribution in [0.25, 0.3) is 71.3 Å². The molecule has 0 N–H and O–H groups in total. The summed E-state index contributed by atoms with van der Waals surface area (Å²) >= 11 is 0. The highest BCUT2D eigenvalue weighted by molar-refractivity contribution is 6.15. The zero-order valence-corrected chi connectivity index (χ0v) is 26.3. The van der Waals surface area contributed by atoms with Crippen molar-refractivity contribution in [3.8, 4) is 34.0 Å². The summed E-state index contributed by atoms with van der Waals surface area (Å²) in [4.78, 5) is 0. The molecule has 0 bridgehead atoms. The molecule has 0 unspecified atom stereocenters. The first kappa shape index (κ1) is 27.8. The van der Waals surface area contributed by atoms with Crippen molar-refractivity contribution >= 4 is 43.4 Å². The second-order valence-corrected chi connectivity index (χ2v) is 12.4. The molecule has 0 aliphatic carbocycles. The van der Waals surface area contributed by atoms with Gasteiger partial charge in [-0.2, -0.15) is 5.26 Å². The normalized spacial score (nSPS) is 11.4. The summed E-state index contributed by atoms with van der Waals surface area (Å²) in [6, 6.07) is 62.8. The summed E-state index contributed by atoms with van der Waals surface area (Å²) in [5.41, 5.74) is 11.0. The number of para-hydroxylation sites is 2. The summed E-state index contributed by atoms with van der Waals surface area (Å²) in [5, 5.41) is 17.9. The van der Waals surface area contributed by atoms with Gasteiger partial charge in [-0.15, -0.1) is 0 Å². The van der Waals surface area contributed by atoms with E-state index in [1.807, 2.05) is 12.1 Å². The number of fused-ring (bicyclic) bond motifs is 5. The van der Waals surface area contributed by atoms with Crippen molar-refractivity contribution in [1.82, 2.24) is 4.57 Å². The Balaban J connectivity index is 1.26. The average molecular weight is 611 g/mol. The van der Waals surface area contributed by atoms with Crippen molar-refractivity contribution in [1.29, 1.82) is 5.26 Å². The Kier molecular flexibility index (Phi) is 6.63. The van der Waals surface area contributed by atoms with Crippen molar-refractivity contribution in [2.45, 2.75) is 6.42 Å². The molecule has 224 valence electrons. The van der Waals surface area contributed by atoms with Gasteiger partial charge in [0.25, 0.3) is 0 Å². The zero-order valence-electron chi connectivity index (χ0n) is 26.3. The van der Waals surface area contributed by atoms with E-state index in [-0.39, 0.29) is 0 Å². The molecule has 0 atom stereocenters. The predicted octanol–water partition coefficient (Wildman–Crippen LogP) is 11.9. The van der Waals surface area contributed by atoms with Crippen LogP contribution in [0.4, 0.5) is 0 Å². The fraction of sp³-hybridized carbons (Fsp3) is 0.0217. The summed E-state index contributed by atoms with van der Waals surface area (Å²) in [6.07, 6.45) is 0.695. The SMILES string of the molecule is N#Cc1cccc(Cc2c3ccccc3c(-c3ccccc3)c3ccccc23)c1-c1cccc(-n2c3ccccc3c3ccccc32)c1. The lowest BCUT2D eigenvalue weighted by Gasteiger charge is -2.19. The van der Waals surface area contributed by atoms with E-state index in [0.717, 1.165) is 22.4 Å². The number of hydrogen-bond acceptors (Lipinski definition) is 1. The molecule has 9 aromatic rings. The van der Waals surface area contributed by atoms with Crippen LogP contribution >= 0.6 is 0 Å². The van der Waals surface area contributed by atoms with Crippen LogP contribution in [0.5, 0.6) is 0 Å². The van der Waals surface area contributed by atoms with Gasteiger partial charge >= 0.3 is 0 Å². The minimum absolute atomic E-state index is 0.682. The maximum Gasteiger partial charge on any atom is 0.0998 e. The highest BCUT2D eigenvalue weighted by Gasteiger charge is 2.19. The lowest BCUT2D eigenvalue weighted by molar-refractivity contribution is 1.18. The first-order chi connectivity index (χ1) is 23.8. The van der Waals surface area contributed by atoms with Gasteiger partial charge in [0.15, 0.2) is 0 Å². The van der Waals surface area contributed by atoms with Gasteiger partial charge in [-0.3, -0.25) is 0 Å². The third kappa shape index (κ3) is 4.41. The van der Waals surface area contributed by atoms with Gasteiger partial charge in [-0.25, -0.2) is 0 Å². The van der Waals surface area contributed by atoms with Crippen molar-refractivity contribution < 1.29 is 0 Å². The van der Waals surface area contributed by atoms with Crippen molar-refractivity contribution in [3.05, 3.63) is 187 Å². The molecule has 8 aromatic carbocycles. The Morgan fingerprint density at radius 3 is 1.58 bits per heavy atom. The largest absolute Gasteiger partial charge is 0.309 e. The standard InChI is InChI=1S/C46H30N2/c47-30-34-18-12-16-33(29-42-36-20-4-6-24-40(36)46(31-14-2-1-3-15-31)41-25-7-5-21-37(41)42)45(34)32-17-13-19-35(28-32)48-43-26-10-8-22-38(43)39-23-9-11-27-44(39)48/h1-28H,29H2. The average Bonchev–Trinajstić information content (AvgIpc) is 3.49. The number of nitriles is 1. The highest BCUT2D eigenvalue weighted by Crippen LogP contribution is 2.41. The molecule has 0 aliphatic heterocycles. The second kappa shape index (κ2) is 11.4. The molecule has 0 aliphatic rings. The fourth-order valence-corrected chi connectivity index (χ4v) is 7.70. The Morgan fingerprint density at radius 1 is 0.438 bits per heavy atom. The molecule has 2 nitrogen and oxygen atoms in total. The van der Waals surface area contributed by atoms with Crippen LogP contribution in [0.3, 0.4) is 0 Å². The zero-order chi connectivity index (χ0) is 32.0. The maximum atomic E-state index is 10.5. The minimum atomic E-state index is 0.682. The summed E-state index contributed by atoms with van der Waals surface area (Å²) in [7, 11) is 0. The Hall–Kier alpha value is -6.43. The molecular weight excluding hydrogens is 581 g/mol. The number of nitrogens with zero attached hydrogens (tertiary/aromatic N) is 2. The summed E-state index contributed by atoms with van der Waals surface area (Å²) in [5.74, 6) is 0. The van der Waals surface area contributed by atoms with E-state index in [0.29, 0.717) is 12.0 Å². The Bertz CT molecular complexity index is 2600. The van der Waals surface area contributed by atoms with Crippen molar-refractivity contribution in [2.75, 3.05) is 0 Å². The van der Waals surface area contributed by atoms with E-state index < -0.39 is 0 Å². The molecule has 48 heavy (non-hydrogen) atoms. The third-order valence-electron chi connectivity index (χ3n) is 9.72. The van der Waals surface area contributed by atoms with Crippen molar-refractivity contribution in [2.24, 2.45) is 0 Å². The van der Waals surface area contributed by atoms with Crippen LogP contribution in [-0.4, -0.2) is 4.57 Å². The molecule has 1 aromatic heterocycles. The van der Waals surface area contributed by atoms with Crippen molar-refractivity contribution in [3.63, 3.8) is 0 Å². The highest BCUT2D eigenvalue weighted by atomic mass is 15.0. The van der Waals surface area contributed by atoms with Crippen LogP contribution < -0.4 is 0 Å². The van der Waals surface area contributed by atoms with Crippen LogP contribution in [0.2, 0.25) is 0 Å². The lowest BCUT2D eigenvalue weighted by atomic mass is 9.84. The molecule has 0 fully saturated rings. The molecule has 0 saturated carbocycles. The van der Waals surface area contributed by atoms with Gasteiger partial charge in [0.1, 0.15) is 0 Å². The molecule has 0 saturated heterocycles. The van der Waals surface area contributed by atoms with Crippen LogP contribution in [0.15, 0.2) is 170 Å². The fourth-order valence-electron chi connectivity index (χ4n) is 7.70. The monoisotopic (exact) mass is 610 g/mol. The molecule has 0 amide bonds. The second-order valence-electron chi connectivity index (χ2n) is 12.4. The predicted molar refractivity (Wildman–Crippen MR) is 201 cm³/mol. The first-order valence-electron chi connectivity index (χ1n) is 16.4. The Morgan fingerprint density at radius 2 is 0.958 bits per heavy atom. The quantitative estimate of drug-likeness (QED) is 0.178. The molecule has 0 spiro atoms. The van der Waals surface area contributed by atoms with Gasteiger partial charge < -0.3 is 4.57 Å². The molecule has 0 radical (unpaired) electrons. The van der Waals surface area contributed by atoms with Gasteiger partial charge in [0.2, 0.25) is 0 Å². The summed E-state index contributed by atoms with van der Waals surface area (Å²) in [6.45, 7) is 0. The smallest absolute Gasteiger partial charge is 0.0998 e. The first-order valence-corrected chi connectivity index (χ1v) is 16.4. The number of hydrogen-bond donors (Lipinski definition) is 0. The van der Waals surface area contributed by atoms with E-state index in [9.17, 15) is 5.26 Å². The van der Waals surface area contributed by atoms with Crippen LogP contribution in [0, 0.1) is 11.3 Å². The maximum absolute atomic E-state index is 10.5. The topological polar surface area (TPSA) is 28.7 Å². The number of aromatic nitrogens is 1. The van der Waals surface area contributed by atoms with Crippen LogP contribution in [0.1, 0.15) is 16.7 Å². The third-order valence-corrected chi connectivity index (χ3v) is 9.72. The van der Waals surface area contributed by atoms with Gasteiger partial charge in [-0.1, -0.05) is 140 Å². The van der Waals surface area contributed by atoms with E-state index >= 15 is 0 Å².